The summed E-state index contributed by atoms with van der Waals surface area (Å²) in [7, 11) is 0. The molecule has 1 atom stereocenters. The van der Waals surface area contributed by atoms with Gasteiger partial charge in [0, 0.05) is 6.20 Å². The molecule has 5 heteroatoms. The van der Waals surface area contributed by atoms with Gasteiger partial charge < -0.3 is 9.47 Å². The van der Waals surface area contributed by atoms with Gasteiger partial charge in [-0.15, -0.1) is 0 Å². The molecule has 0 fully saturated rings. The minimum absolute atomic E-state index is 0.202. The largest absolute Gasteiger partial charge is 0.488 e. The van der Waals surface area contributed by atoms with Gasteiger partial charge in [0.2, 0.25) is 0 Å². The van der Waals surface area contributed by atoms with Crippen molar-refractivity contribution < 1.29 is 14.3 Å². The highest BCUT2D eigenvalue weighted by Crippen LogP contribution is 2.14. The molecule has 1 heterocycles. The van der Waals surface area contributed by atoms with E-state index in [1.807, 2.05) is 13.8 Å². The monoisotopic (exact) mass is 281 g/mol. The molecule has 1 rings (SSSR count). The Labute approximate surface area is 119 Å². The summed E-state index contributed by atoms with van der Waals surface area (Å²) in [6.45, 7) is 7.86. The molecule has 0 saturated heterocycles. The SMILES string of the molecule is CCCOc1cccn(C(CC)C(=O)OC(C)C)c1=O. The molecule has 5 nitrogen and oxygen atoms in total. The first-order chi connectivity index (χ1) is 9.51. The van der Waals surface area contributed by atoms with Gasteiger partial charge in [0.15, 0.2) is 5.75 Å². The Bertz CT molecular complexity index is 493. The van der Waals surface area contributed by atoms with E-state index in [0.29, 0.717) is 13.0 Å². The van der Waals surface area contributed by atoms with Crippen LogP contribution in [-0.2, 0) is 9.53 Å². The van der Waals surface area contributed by atoms with Crippen LogP contribution in [0.15, 0.2) is 23.1 Å². The molecule has 0 N–H and O–H groups in total. The number of carbonyl (C=O) groups is 1. The van der Waals surface area contributed by atoms with Crippen molar-refractivity contribution in [3.63, 3.8) is 0 Å². The van der Waals surface area contributed by atoms with Crippen molar-refractivity contribution in [3.8, 4) is 5.75 Å². The average molecular weight is 281 g/mol. The Balaban J connectivity index is 3.04. The molecular weight excluding hydrogens is 258 g/mol. The van der Waals surface area contributed by atoms with Gasteiger partial charge in [-0.1, -0.05) is 13.8 Å². The summed E-state index contributed by atoms with van der Waals surface area (Å²) in [6.07, 6.45) is 2.70. The number of hydrogen-bond donors (Lipinski definition) is 0. The van der Waals surface area contributed by atoms with Crippen molar-refractivity contribution in [1.29, 1.82) is 0 Å². The first-order valence-electron chi connectivity index (χ1n) is 7.05. The molecule has 0 aliphatic heterocycles. The highest BCUT2D eigenvalue weighted by molar-refractivity contribution is 5.74. The molecule has 0 aliphatic carbocycles. The molecular formula is C15H23NO4. The maximum absolute atomic E-state index is 12.3. The van der Waals surface area contributed by atoms with E-state index >= 15 is 0 Å². The predicted molar refractivity (Wildman–Crippen MR) is 77.0 cm³/mol. The van der Waals surface area contributed by atoms with Crippen molar-refractivity contribution in [2.45, 2.75) is 52.7 Å². The van der Waals surface area contributed by atoms with E-state index in [-0.39, 0.29) is 17.4 Å². The van der Waals surface area contributed by atoms with Gasteiger partial charge in [0.05, 0.1) is 12.7 Å². The third-order valence-corrected chi connectivity index (χ3v) is 2.75. The summed E-state index contributed by atoms with van der Waals surface area (Å²) in [5.41, 5.74) is -0.298. The molecule has 20 heavy (non-hydrogen) atoms. The molecule has 1 aromatic heterocycles. The summed E-state index contributed by atoms with van der Waals surface area (Å²) < 4.78 is 12.0. The van der Waals surface area contributed by atoms with Crippen LogP contribution in [0, 0.1) is 0 Å². The smallest absolute Gasteiger partial charge is 0.329 e. The van der Waals surface area contributed by atoms with Gasteiger partial charge in [-0.05, 0) is 38.8 Å². The predicted octanol–water partition coefficient (Wildman–Crippen LogP) is 2.54. The van der Waals surface area contributed by atoms with E-state index in [1.165, 1.54) is 4.57 Å². The van der Waals surface area contributed by atoms with Crippen LogP contribution in [0.2, 0.25) is 0 Å². The van der Waals surface area contributed by atoms with Gasteiger partial charge in [0.1, 0.15) is 6.04 Å². The lowest BCUT2D eigenvalue weighted by Crippen LogP contribution is -2.32. The van der Waals surface area contributed by atoms with Crippen molar-refractivity contribution in [2.75, 3.05) is 6.61 Å². The minimum Gasteiger partial charge on any atom is -0.488 e. The number of hydrogen-bond acceptors (Lipinski definition) is 4. The fraction of sp³-hybridized carbons (Fsp3) is 0.600. The lowest BCUT2D eigenvalue weighted by molar-refractivity contribution is -0.151. The average Bonchev–Trinajstić information content (AvgIpc) is 2.39. The Hall–Kier alpha value is -1.78. The lowest BCUT2D eigenvalue weighted by Gasteiger charge is -2.19. The van der Waals surface area contributed by atoms with E-state index in [0.717, 1.165) is 6.42 Å². The molecule has 1 aromatic rings. The second-order valence-corrected chi connectivity index (χ2v) is 4.84. The molecule has 0 bridgehead atoms. The van der Waals surface area contributed by atoms with Crippen LogP contribution in [0.25, 0.3) is 0 Å². The molecule has 0 amide bonds. The zero-order valence-electron chi connectivity index (χ0n) is 12.6. The molecule has 0 spiro atoms. The zero-order valence-corrected chi connectivity index (χ0v) is 12.6. The van der Waals surface area contributed by atoms with Gasteiger partial charge in [-0.2, -0.15) is 0 Å². The van der Waals surface area contributed by atoms with Crippen LogP contribution in [-0.4, -0.2) is 23.2 Å². The number of nitrogens with zero attached hydrogens (tertiary/aromatic N) is 1. The van der Waals surface area contributed by atoms with Crippen molar-refractivity contribution >= 4 is 5.97 Å². The van der Waals surface area contributed by atoms with Crippen molar-refractivity contribution in [2.24, 2.45) is 0 Å². The first kappa shape index (κ1) is 16.3. The normalized spacial score (nSPS) is 12.2. The highest BCUT2D eigenvalue weighted by Gasteiger charge is 2.23. The maximum Gasteiger partial charge on any atom is 0.329 e. The summed E-state index contributed by atoms with van der Waals surface area (Å²) in [4.78, 5) is 24.3. The molecule has 0 aromatic carbocycles. The number of aromatic nitrogens is 1. The standard InChI is InChI=1S/C15H23NO4/c1-5-10-19-13-8-7-9-16(14(13)17)12(6-2)15(18)20-11(3)4/h7-9,11-12H,5-6,10H2,1-4H3. The number of carbonyl (C=O) groups excluding carboxylic acids is 1. The van der Waals surface area contributed by atoms with Crippen molar-refractivity contribution in [3.05, 3.63) is 28.7 Å². The third kappa shape index (κ3) is 4.11. The van der Waals surface area contributed by atoms with E-state index in [4.69, 9.17) is 9.47 Å². The maximum atomic E-state index is 12.3. The quantitative estimate of drug-likeness (QED) is 0.721. The van der Waals surface area contributed by atoms with E-state index in [1.54, 1.807) is 32.2 Å². The summed E-state index contributed by atoms with van der Waals surface area (Å²) in [5.74, 6) is -0.123. The van der Waals surface area contributed by atoms with Gasteiger partial charge in [-0.3, -0.25) is 9.36 Å². The summed E-state index contributed by atoms with van der Waals surface area (Å²) in [6, 6.07) is 2.71. The lowest BCUT2D eigenvalue weighted by atomic mass is 10.2. The topological polar surface area (TPSA) is 57.5 Å². The fourth-order valence-electron chi connectivity index (χ4n) is 1.84. The molecule has 112 valence electrons. The molecule has 0 radical (unpaired) electrons. The Morgan fingerprint density at radius 1 is 1.35 bits per heavy atom. The van der Waals surface area contributed by atoms with Crippen molar-refractivity contribution in [1.82, 2.24) is 4.57 Å². The minimum atomic E-state index is -0.616. The van der Waals surface area contributed by atoms with Crippen LogP contribution < -0.4 is 10.3 Å². The van der Waals surface area contributed by atoms with Crippen LogP contribution >= 0.6 is 0 Å². The number of pyridine rings is 1. The van der Waals surface area contributed by atoms with Crippen LogP contribution in [0.4, 0.5) is 0 Å². The third-order valence-electron chi connectivity index (χ3n) is 2.75. The second kappa shape index (κ2) is 7.72. The second-order valence-electron chi connectivity index (χ2n) is 4.84. The zero-order chi connectivity index (χ0) is 15.1. The van der Waals surface area contributed by atoms with E-state index in [2.05, 4.69) is 0 Å². The van der Waals surface area contributed by atoms with Gasteiger partial charge in [0.25, 0.3) is 5.56 Å². The first-order valence-corrected chi connectivity index (χ1v) is 7.05. The van der Waals surface area contributed by atoms with Crippen LogP contribution in [0.3, 0.4) is 0 Å². The van der Waals surface area contributed by atoms with Gasteiger partial charge in [-0.25, -0.2) is 4.79 Å². The van der Waals surface area contributed by atoms with Gasteiger partial charge >= 0.3 is 5.97 Å². The Morgan fingerprint density at radius 2 is 2.05 bits per heavy atom. The summed E-state index contributed by atoms with van der Waals surface area (Å²) >= 11 is 0. The Morgan fingerprint density at radius 3 is 2.60 bits per heavy atom. The number of ether oxygens (including phenoxy) is 2. The number of rotatable bonds is 7. The summed E-state index contributed by atoms with van der Waals surface area (Å²) in [5, 5.41) is 0. The fourth-order valence-corrected chi connectivity index (χ4v) is 1.84. The van der Waals surface area contributed by atoms with Crippen LogP contribution in [0.5, 0.6) is 5.75 Å². The molecule has 0 aliphatic rings. The molecule has 1 unspecified atom stereocenters. The number of esters is 1. The molecule has 0 saturated carbocycles. The Kier molecular flexibility index (Phi) is 6.28. The highest BCUT2D eigenvalue weighted by atomic mass is 16.5. The van der Waals surface area contributed by atoms with E-state index in [9.17, 15) is 9.59 Å². The van der Waals surface area contributed by atoms with E-state index < -0.39 is 12.0 Å². The van der Waals surface area contributed by atoms with Crippen LogP contribution in [0.1, 0.15) is 46.6 Å².